The number of morpholine rings is 1. The lowest BCUT2D eigenvalue weighted by molar-refractivity contribution is -0.0585. The number of thiazole rings is 1. The third-order valence-corrected chi connectivity index (χ3v) is 7.22. The van der Waals surface area contributed by atoms with Crippen molar-refractivity contribution in [1.82, 2.24) is 15.0 Å². The van der Waals surface area contributed by atoms with Crippen LogP contribution in [0.3, 0.4) is 0 Å². The van der Waals surface area contributed by atoms with E-state index in [0.717, 1.165) is 30.0 Å². The standard InChI is InChI=1S/C23H28N4O3S/c1-14-6-8-26(9-7-14)17-4-5-18-19(10-17)30-25-21(18)22-24-11-20(31-22)23(28)27-12-15(2)29-16(3)13-27/h4-5,10-11,14-16H,6-9,12-13H2,1-3H3/t15-,16+. The Bertz CT molecular complexity index is 1080. The smallest absolute Gasteiger partial charge is 0.265 e. The number of amides is 1. The maximum Gasteiger partial charge on any atom is 0.265 e. The van der Waals surface area contributed by atoms with Gasteiger partial charge in [-0.15, -0.1) is 11.3 Å². The second kappa shape index (κ2) is 8.24. The molecule has 0 N–H and O–H groups in total. The molecule has 4 heterocycles. The zero-order chi connectivity index (χ0) is 21.5. The summed E-state index contributed by atoms with van der Waals surface area (Å²) in [7, 11) is 0. The molecule has 0 aliphatic carbocycles. The number of benzene rings is 1. The second-order valence-electron chi connectivity index (χ2n) is 8.88. The lowest BCUT2D eigenvalue weighted by Gasteiger charge is -2.34. The molecule has 2 saturated heterocycles. The van der Waals surface area contributed by atoms with Crippen molar-refractivity contribution in [3.05, 3.63) is 29.3 Å². The maximum absolute atomic E-state index is 13.0. The molecule has 2 fully saturated rings. The van der Waals surface area contributed by atoms with Gasteiger partial charge in [-0.05, 0) is 44.7 Å². The molecule has 0 saturated carbocycles. The minimum absolute atomic E-state index is 0.000151. The molecule has 5 rings (SSSR count). The van der Waals surface area contributed by atoms with Gasteiger partial charge in [-0.1, -0.05) is 12.1 Å². The van der Waals surface area contributed by atoms with E-state index in [1.165, 1.54) is 29.9 Å². The fraction of sp³-hybridized carbons (Fsp3) is 0.522. The molecule has 3 aromatic rings. The van der Waals surface area contributed by atoms with E-state index in [2.05, 4.69) is 40.2 Å². The Labute approximate surface area is 186 Å². The van der Waals surface area contributed by atoms with Crippen molar-refractivity contribution in [2.45, 2.75) is 45.8 Å². The quantitative estimate of drug-likeness (QED) is 0.600. The molecular weight excluding hydrogens is 412 g/mol. The molecular formula is C23H28N4O3S. The molecule has 2 aromatic heterocycles. The van der Waals surface area contributed by atoms with Crippen LogP contribution in [-0.4, -0.2) is 59.3 Å². The van der Waals surface area contributed by atoms with E-state index in [9.17, 15) is 4.79 Å². The molecule has 1 aromatic carbocycles. The molecule has 164 valence electrons. The van der Waals surface area contributed by atoms with Crippen LogP contribution in [0.2, 0.25) is 0 Å². The number of rotatable bonds is 3. The molecule has 0 unspecified atom stereocenters. The van der Waals surface area contributed by atoms with Crippen molar-refractivity contribution in [1.29, 1.82) is 0 Å². The fourth-order valence-electron chi connectivity index (χ4n) is 4.53. The first kappa shape index (κ1) is 20.5. The van der Waals surface area contributed by atoms with Crippen LogP contribution in [0.1, 0.15) is 43.3 Å². The number of ether oxygens (including phenoxy) is 1. The van der Waals surface area contributed by atoms with E-state index >= 15 is 0 Å². The lowest BCUT2D eigenvalue weighted by Crippen LogP contribution is -2.48. The van der Waals surface area contributed by atoms with Crippen molar-refractivity contribution in [3.63, 3.8) is 0 Å². The van der Waals surface area contributed by atoms with Gasteiger partial charge in [0, 0.05) is 37.9 Å². The van der Waals surface area contributed by atoms with Crippen molar-refractivity contribution in [2.75, 3.05) is 31.1 Å². The third-order valence-electron chi connectivity index (χ3n) is 6.23. The van der Waals surface area contributed by atoms with Crippen LogP contribution in [0.5, 0.6) is 0 Å². The monoisotopic (exact) mass is 440 g/mol. The summed E-state index contributed by atoms with van der Waals surface area (Å²) in [6.07, 6.45) is 4.16. The highest BCUT2D eigenvalue weighted by Crippen LogP contribution is 2.34. The Kier molecular flexibility index (Phi) is 5.44. The van der Waals surface area contributed by atoms with Crippen LogP contribution in [0.15, 0.2) is 28.9 Å². The zero-order valence-corrected chi connectivity index (χ0v) is 19.0. The van der Waals surface area contributed by atoms with Crippen LogP contribution < -0.4 is 4.90 Å². The highest BCUT2D eigenvalue weighted by molar-refractivity contribution is 7.17. The molecule has 0 radical (unpaired) electrons. The van der Waals surface area contributed by atoms with Gasteiger partial charge in [0.2, 0.25) is 0 Å². The molecule has 2 aliphatic heterocycles. The van der Waals surface area contributed by atoms with Crippen molar-refractivity contribution in [2.24, 2.45) is 5.92 Å². The van der Waals surface area contributed by atoms with Gasteiger partial charge in [-0.2, -0.15) is 0 Å². The maximum atomic E-state index is 13.0. The van der Waals surface area contributed by atoms with Crippen LogP contribution in [0, 0.1) is 5.92 Å². The van der Waals surface area contributed by atoms with Gasteiger partial charge >= 0.3 is 0 Å². The third kappa shape index (κ3) is 4.06. The largest absolute Gasteiger partial charge is 0.372 e. The van der Waals surface area contributed by atoms with Crippen LogP contribution >= 0.6 is 11.3 Å². The number of carbonyl (C=O) groups is 1. The minimum Gasteiger partial charge on any atom is -0.372 e. The Morgan fingerprint density at radius 3 is 2.61 bits per heavy atom. The highest BCUT2D eigenvalue weighted by atomic mass is 32.1. The number of hydrogen-bond donors (Lipinski definition) is 0. The first-order chi connectivity index (χ1) is 15.0. The second-order valence-corrected chi connectivity index (χ2v) is 9.91. The first-order valence-corrected chi connectivity index (χ1v) is 11.8. The molecule has 8 heteroatoms. The van der Waals surface area contributed by atoms with Gasteiger partial charge < -0.3 is 19.1 Å². The molecule has 0 spiro atoms. The number of hydrogen-bond acceptors (Lipinski definition) is 7. The van der Waals surface area contributed by atoms with E-state index in [1.54, 1.807) is 6.20 Å². The number of nitrogens with zero attached hydrogens (tertiary/aromatic N) is 4. The minimum atomic E-state index is 0.000151. The zero-order valence-electron chi connectivity index (χ0n) is 18.2. The van der Waals surface area contributed by atoms with Gasteiger partial charge in [-0.25, -0.2) is 4.98 Å². The van der Waals surface area contributed by atoms with Gasteiger partial charge in [0.25, 0.3) is 5.91 Å². The Hall–Kier alpha value is -2.45. The van der Waals surface area contributed by atoms with E-state index in [-0.39, 0.29) is 18.1 Å². The Balaban J connectivity index is 1.37. The van der Waals surface area contributed by atoms with Crippen LogP contribution in [-0.2, 0) is 4.74 Å². The first-order valence-electron chi connectivity index (χ1n) is 11.0. The van der Waals surface area contributed by atoms with Crippen molar-refractivity contribution < 1.29 is 14.1 Å². The number of piperidine rings is 1. The normalized spacial score (nSPS) is 22.9. The summed E-state index contributed by atoms with van der Waals surface area (Å²) in [6.45, 7) is 9.65. The van der Waals surface area contributed by atoms with Gasteiger partial charge in [0.15, 0.2) is 5.58 Å². The number of anilines is 1. The number of aromatic nitrogens is 2. The van der Waals surface area contributed by atoms with Crippen LogP contribution in [0.4, 0.5) is 5.69 Å². The summed E-state index contributed by atoms with van der Waals surface area (Å²) < 4.78 is 11.4. The predicted octanol–water partition coefficient (Wildman–Crippen LogP) is 4.44. The Morgan fingerprint density at radius 2 is 1.87 bits per heavy atom. The average Bonchev–Trinajstić information content (AvgIpc) is 3.39. The molecule has 2 atom stereocenters. The molecule has 0 bridgehead atoms. The van der Waals surface area contributed by atoms with E-state index in [0.29, 0.717) is 28.7 Å². The number of fused-ring (bicyclic) bond motifs is 1. The van der Waals surface area contributed by atoms with Crippen molar-refractivity contribution >= 4 is 33.9 Å². The fourth-order valence-corrected chi connectivity index (χ4v) is 5.41. The molecule has 31 heavy (non-hydrogen) atoms. The number of carbonyl (C=O) groups excluding carboxylic acids is 1. The topological polar surface area (TPSA) is 71.7 Å². The lowest BCUT2D eigenvalue weighted by atomic mass is 9.99. The Morgan fingerprint density at radius 1 is 1.13 bits per heavy atom. The van der Waals surface area contributed by atoms with Crippen LogP contribution in [0.25, 0.3) is 21.7 Å². The highest BCUT2D eigenvalue weighted by Gasteiger charge is 2.28. The molecule has 1 amide bonds. The average molecular weight is 441 g/mol. The van der Waals surface area contributed by atoms with E-state index in [4.69, 9.17) is 9.26 Å². The van der Waals surface area contributed by atoms with Gasteiger partial charge in [0.05, 0.1) is 23.8 Å². The molecule has 2 aliphatic rings. The van der Waals surface area contributed by atoms with E-state index in [1.807, 2.05) is 18.7 Å². The van der Waals surface area contributed by atoms with Crippen molar-refractivity contribution in [3.8, 4) is 10.7 Å². The summed E-state index contributed by atoms with van der Waals surface area (Å²) >= 11 is 1.37. The summed E-state index contributed by atoms with van der Waals surface area (Å²) in [5.41, 5.74) is 2.62. The summed E-state index contributed by atoms with van der Waals surface area (Å²) in [5.74, 6) is 0.794. The van der Waals surface area contributed by atoms with Gasteiger partial charge in [-0.3, -0.25) is 4.79 Å². The van der Waals surface area contributed by atoms with Gasteiger partial charge in [0.1, 0.15) is 15.6 Å². The van der Waals surface area contributed by atoms with E-state index < -0.39 is 0 Å². The predicted molar refractivity (Wildman–Crippen MR) is 122 cm³/mol. The summed E-state index contributed by atoms with van der Waals surface area (Å²) in [5, 5.41) is 5.91. The SMILES string of the molecule is CC1CCN(c2ccc3c(-c4ncc(C(=O)N5C[C@@H](C)O[C@@H](C)C5)s4)noc3c2)CC1. The summed E-state index contributed by atoms with van der Waals surface area (Å²) in [4.78, 5) is 22.3. The summed E-state index contributed by atoms with van der Waals surface area (Å²) in [6, 6.07) is 6.26. The molecule has 7 nitrogen and oxygen atoms in total.